The van der Waals surface area contributed by atoms with E-state index >= 15 is 0 Å². The third-order valence-corrected chi connectivity index (χ3v) is 3.85. The van der Waals surface area contributed by atoms with Gasteiger partial charge in [-0.1, -0.05) is 5.16 Å². The number of carbonyl (C=O) groups is 1. The largest absolute Gasteiger partial charge is 0.375 e. The molecule has 0 atom stereocenters. The normalized spacial score (nSPS) is 16.2. The second-order valence-electron chi connectivity index (χ2n) is 5.68. The molecule has 1 aliphatic rings. The van der Waals surface area contributed by atoms with Crippen LogP contribution in [0, 0.1) is 5.92 Å². The first-order chi connectivity index (χ1) is 10.1. The monoisotopic (exact) mass is 296 g/mol. The van der Waals surface area contributed by atoms with E-state index < -0.39 is 0 Å². The van der Waals surface area contributed by atoms with E-state index in [2.05, 4.69) is 10.1 Å². The van der Waals surface area contributed by atoms with Crippen LogP contribution in [0.5, 0.6) is 0 Å². The number of anilines is 1. The standard InChI is InChI=1S/C14H24N4O3/c1-17(2)14-15-12(16-21-14)5-4-11-6-8-18(9-7-11)13(19)10-20-3/h11H,4-10H2,1-3H3. The van der Waals surface area contributed by atoms with Crippen LogP contribution in [0.2, 0.25) is 0 Å². The molecular weight excluding hydrogens is 272 g/mol. The zero-order chi connectivity index (χ0) is 15.2. The van der Waals surface area contributed by atoms with E-state index in [1.807, 2.05) is 19.0 Å². The Hall–Kier alpha value is -1.63. The summed E-state index contributed by atoms with van der Waals surface area (Å²) in [6.07, 6.45) is 3.94. The number of likely N-dealkylation sites (tertiary alicyclic amines) is 1. The first-order valence-electron chi connectivity index (χ1n) is 7.36. The Morgan fingerprint density at radius 3 is 2.71 bits per heavy atom. The van der Waals surface area contributed by atoms with Crippen LogP contribution in [0.4, 0.5) is 6.01 Å². The Morgan fingerprint density at radius 1 is 1.43 bits per heavy atom. The van der Waals surface area contributed by atoms with Crippen molar-refractivity contribution in [1.29, 1.82) is 0 Å². The van der Waals surface area contributed by atoms with Gasteiger partial charge in [0.2, 0.25) is 5.91 Å². The summed E-state index contributed by atoms with van der Waals surface area (Å²) in [6, 6.07) is 0.546. The lowest BCUT2D eigenvalue weighted by atomic mass is 9.92. The van der Waals surface area contributed by atoms with Gasteiger partial charge in [-0.15, -0.1) is 0 Å². The molecule has 21 heavy (non-hydrogen) atoms. The fraction of sp³-hybridized carbons (Fsp3) is 0.786. The molecule has 0 aromatic carbocycles. The number of hydrogen-bond donors (Lipinski definition) is 0. The highest BCUT2D eigenvalue weighted by molar-refractivity contribution is 5.77. The predicted molar refractivity (Wildman–Crippen MR) is 78.1 cm³/mol. The van der Waals surface area contributed by atoms with Gasteiger partial charge < -0.3 is 19.1 Å². The number of hydrogen-bond acceptors (Lipinski definition) is 6. The third-order valence-electron chi connectivity index (χ3n) is 3.85. The lowest BCUT2D eigenvalue weighted by Gasteiger charge is -2.31. The lowest BCUT2D eigenvalue weighted by Crippen LogP contribution is -2.40. The van der Waals surface area contributed by atoms with Crippen LogP contribution in [0.15, 0.2) is 4.52 Å². The number of methoxy groups -OCH3 is 1. The topological polar surface area (TPSA) is 71.7 Å². The molecule has 0 unspecified atom stereocenters. The van der Waals surface area contributed by atoms with Crippen molar-refractivity contribution in [2.45, 2.75) is 25.7 Å². The molecule has 0 aliphatic carbocycles. The highest BCUT2D eigenvalue weighted by Gasteiger charge is 2.22. The molecule has 0 bridgehead atoms. The number of rotatable bonds is 6. The van der Waals surface area contributed by atoms with Crippen molar-refractivity contribution in [3.8, 4) is 0 Å². The van der Waals surface area contributed by atoms with E-state index in [9.17, 15) is 4.79 Å². The fourth-order valence-electron chi connectivity index (χ4n) is 2.55. The van der Waals surface area contributed by atoms with Crippen LogP contribution in [-0.4, -0.2) is 61.8 Å². The zero-order valence-corrected chi connectivity index (χ0v) is 13.0. The van der Waals surface area contributed by atoms with Crippen LogP contribution in [-0.2, 0) is 16.0 Å². The number of aryl methyl sites for hydroxylation is 1. The molecule has 2 rings (SSSR count). The maximum absolute atomic E-state index is 11.7. The molecule has 0 radical (unpaired) electrons. The Morgan fingerprint density at radius 2 is 2.14 bits per heavy atom. The van der Waals surface area contributed by atoms with Gasteiger partial charge in [-0.3, -0.25) is 4.79 Å². The summed E-state index contributed by atoms with van der Waals surface area (Å²) in [5.41, 5.74) is 0. The summed E-state index contributed by atoms with van der Waals surface area (Å²) in [6.45, 7) is 1.82. The van der Waals surface area contributed by atoms with E-state index in [0.29, 0.717) is 11.9 Å². The summed E-state index contributed by atoms with van der Waals surface area (Å²) in [4.78, 5) is 19.7. The molecule has 118 valence electrons. The number of amides is 1. The van der Waals surface area contributed by atoms with Gasteiger partial charge in [0.15, 0.2) is 5.82 Å². The molecule has 1 fully saturated rings. The van der Waals surface area contributed by atoms with Crippen molar-refractivity contribution in [3.63, 3.8) is 0 Å². The highest BCUT2D eigenvalue weighted by atomic mass is 16.5. The molecule has 2 heterocycles. The Bertz CT molecular complexity index is 453. The van der Waals surface area contributed by atoms with Crippen LogP contribution < -0.4 is 4.90 Å². The van der Waals surface area contributed by atoms with Gasteiger partial charge in [0.05, 0.1) is 0 Å². The Balaban J connectivity index is 1.72. The van der Waals surface area contributed by atoms with Gasteiger partial charge in [0.1, 0.15) is 6.61 Å². The van der Waals surface area contributed by atoms with Crippen molar-refractivity contribution in [1.82, 2.24) is 15.0 Å². The fourth-order valence-corrected chi connectivity index (χ4v) is 2.55. The quantitative estimate of drug-likeness (QED) is 0.778. The maximum atomic E-state index is 11.7. The molecule has 1 aliphatic heterocycles. The summed E-state index contributed by atoms with van der Waals surface area (Å²) in [5.74, 6) is 1.47. The van der Waals surface area contributed by atoms with E-state index in [1.165, 1.54) is 0 Å². The van der Waals surface area contributed by atoms with Crippen LogP contribution in [0.25, 0.3) is 0 Å². The molecular formula is C14H24N4O3. The first-order valence-corrected chi connectivity index (χ1v) is 7.36. The number of nitrogens with zero attached hydrogens (tertiary/aromatic N) is 4. The molecule has 1 aromatic rings. The second-order valence-corrected chi connectivity index (χ2v) is 5.68. The summed E-state index contributed by atoms with van der Waals surface area (Å²) >= 11 is 0. The van der Waals surface area contributed by atoms with Gasteiger partial charge in [0.25, 0.3) is 0 Å². The van der Waals surface area contributed by atoms with E-state index in [-0.39, 0.29) is 12.5 Å². The van der Waals surface area contributed by atoms with E-state index in [0.717, 1.165) is 44.6 Å². The molecule has 7 nitrogen and oxygen atoms in total. The van der Waals surface area contributed by atoms with Crippen molar-refractivity contribution in [2.24, 2.45) is 5.92 Å². The number of piperidine rings is 1. The summed E-state index contributed by atoms with van der Waals surface area (Å²) in [5, 5.41) is 3.98. The Labute approximate surface area is 125 Å². The maximum Gasteiger partial charge on any atom is 0.323 e. The van der Waals surface area contributed by atoms with Crippen molar-refractivity contribution in [2.75, 3.05) is 45.8 Å². The molecule has 1 saturated heterocycles. The summed E-state index contributed by atoms with van der Waals surface area (Å²) < 4.78 is 10.0. The third kappa shape index (κ3) is 4.42. The van der Waals surface area contributed by atoms with Crippen LogP contribution >= 0.6 is 0 Å². The van der Waals surface area contributed by atoms with Gasteiger partial charge in [0, 0.05) is 40.7 Å². The minimum absolute atomic E-state index is 0.0877. The zero-order valence-electron chi connectivity index (χ0n) is 13.0. The van der Waals surface area contributed by atoms with E-state index in [1.54, 1.807) is 12.0 Å². The molecule has 7 heteroatoms. The Kier molecular flexibility index (Phi) is 5.55. The van der Waals surface area contributed by atoms with E-state index in [4.69, 9.17) is 9.26 Å². The highest BCUT2D eigenvalue weighted by Crippen LogP contribution is 2.22. The molecule has 0 N–H and O–H groups in total. The lowest BCUT2D eigenvalue weighted by molar-refractivity contribution is -0.136. The van der Waals surface area contributed by atoms with Crippen LogP contribution in [0.1, 0.15) is 25.1 Å². The van der Waals surface area contributed by atoms with Crippen molar-refractivity contribution >= 4 is 11.9 Å². The first kappa shape index (κ1) is 15.8. The average molecular weight is 296 g/mol. The second kappa shape index (κ2) is 7.40. The molecule has 1 amide bonds. The van der Waals surface area contributed by atoms with Crippen LogP contribution in [0.3, 0.4) is 0 Å². The van der Waals surface area contributed by atoms with Gasteiger partial charge in [-0.2, -0.15) is 4.98 Å². The number of carbonyl (C=O) groups excluding carboxylic acids is 1. The van der Waals surface area contributed by atoms with Gasteiger partial charge >= 0.3 is 6.01 Å². The minimum atomic E-state index is 0.0877. The van der Waals surface area contributed by atoms with Gasteiger partial charge in [-0.05, 0) is 25.2 Å². The average Bonchev–Trinajstić information content (AvgIpc) is 2.95. The molecule has 0 spiro atoms. The minimum Gasteiger partial charge on any atom is -0.375 e. The smallest absolute Gasteiger partial charge is 0.323 e. The SMILES string of the molecule is COCC(=O)N1CCC(CCc2noc(N(C)C)n2)CC1. The number of ether oxygens (including phenoxy) is 1. The van der Waals surface area contributed by atoms with Crippen molar-refractivity contribution < 1.29 is 14.1 Å². The van der Waals surface area contributed by atoms with Gasteiger partial charge in [-0.25, -0.2) is 0 Å². The molecule has 1 aromatic heterocycles. The predicted octanol–water partition coefficient (Wildman–Crippen LogP) is 0.953. The summed E-state index contributed by atoms with van der Waals surface area (Å²) in [7, 11) is 5.31. The number of aromatic nitrogens is 2. The van der Waals surface area contributed by atoms with Crippen molar-refractivity contribution in [3.05, 3.63) is 5.82 Å². The molecule has 0 saturated carbocycles.